The average Bonchev–Trinajstić information content (AvgIpc) is 2.71. The molecule has 0 aliphatic heterocycles. The number of hydrogen-bond donors (Lipinski definition) is 2. The van der Waals surface area contributed by atoms with Gasteiger partial charge in [0.25, 0.3) is 0 Å². The number of rotatable bonds is 10. The molecule has 0 aromatic heterocycles. The number of aromatic carboxylic acids is 1. The predicted octanol–water partition coefficient (Wildman–Crippen LogP) is 5.12. The van der Waals surface area contributed by atoms with Gasteiger partial charge in [-0.05, 0) is 42.7 Å². The maximum absolute atomic E-state index is 12.5. The lowest BCUT2D eigenvalue weighted by Crippen LogP contribution is -2.17. The van der Waals surface area contributed by atoms with Crippen LogP contribution in [-0.4, -0.2) is 42.3 Å². The summed E-state index contributed by atoms with van der Waals surface area (Å²) >= 11 is 0. The van der Waals surface area contributed by atoms with Crippen molar-refractivity contribution in [3.05, 3.63) is 47.0 Å². The Morgan fingerprint density at radius 3 is 2.16 bits per heavy atom. The number of aromatic hydroxyl groups is 1. The fourth-order valence-electron chi connectivity index (χ4n) is 3.07. The summed E-state index contributed by atoms with van der Waals surface area (Å²) < 4.78 is 16.8. The number of methoxy groups -OCH3 is 1. The normalized spacial score (nSPS) is 12.2. The standard InChI is InChI=1S/C25H32O7/c1-15(14-32-21-9-7-17(24(28)29)11-22(21)30-6)13-31-20-10-8-18(23(27)16(20)2)19(26)12-25(3,4)5/h7-11,15,27H,12-14H2,1-6H3,(H,28,29)/t15-/m1/s1. The molecule has 2 rings (SSSR count). The summed E-state index contributed by atoms with van der Waals surface area (Å²) in [6.45, 7) is 10.2. The number of ether oxygens (including phenoxy) is 3. The Bertz CT molecular complexity index is 973. The Balaban J connectivity index is 1.98. The maximum atomic E-state index is 12.5. The Kier molecular flexibility index (Phi) is 8.14. The first-order valence-electron chi connectivity index (χ1n) is 10.5. The van der Waals surface area contributed by atoms with E-state index in [0.717, 1.165) is 0 Å². The third-order valence-electron chi connectivity index (χ3n) is 4.83. The number of carboxylic acid groups (broad SMARTS) is 1. The molecule has 174 valence electrons. The van der Waals surface area contributed by atoms with E-state index in [9.17, 15) is 14.7 Å². The van der Waals surface area contributed by atoms with E-state index in [4.69, 9.17) is 19.3 Å². The van der Waals surface area contributed by atoms with Crippen LogP contribution in [0.2, 0.25) is 0 Å². The molecular weight excluding hydrogens is 412 g/mol. The number of phenolic OH excluding ortho intramolecular Hbond substituents is 1. The minimum Gasteiger partial charge on any atom is -0.507 e. The van der Waals surface area contributed by atoms with Gasteiger partial charge in [-0.15, -0.1) is 0 Å². The third-order valence-corrected chi connectivity index (χ3v) is 4.83. The monoisotopic (exact) mass is 444 g/mol. The summed E-state index contributed by atoms with van der Waals surface area (Å²) in [6, 6.07) is 7.73. The van der Waals surface area contributed by atoms with E-state index in [-0.39, 0.29) is 28.4 Å². The zero-order valence-corrected chi connectivity index (χ0v) is 19.5. The van der Waals surface area contributed by atoms with Crippen LogP contribution < -0.4 is 14.2 Å². The lowest BCUT2D eigenvalue weighted by molar-refractivity contribution is 0.0696. The molecule has 1 atom stereocenters. The number of carbonyl (C=O) groups excluding carboxylic acids is 1. The van der Waals surface area contributed by atoms with E-state index >= 15 is 0 Å². The van der Waals surface area contributed by atoms with Gasteiger partial charge in [0.2, 0.25) is 0 Å². The van der Waals surface area contributed by atoms with Crippen molar-refractivity contribution in [2.75, 3.05) is 20.3 Å². The van der Waals surface area contributed by atoms with E-state index in [1.54, 1.807) is 25.1 Å². The van der Waals surface area contributed by atoms with Crippen LogP contribution >= 0.6 is 0 Å². The molecule has 0 fully saturated rings. The van der Waals surface area contributed by atoms with E-state index < -0.39 is 5.97 Å². The molecule has 0 heterocycles. The first-order chi connectivity index (χ1) is 14.9. The van der Waals surface area contributed by atoms with E-state index in [1.807, 2.05) is 27.7 Å². The molecule has 7 nitrogen and oxygen atoms in total. The van der Waals surface area contributed by atoms with Crippen molar-refractivity contribution in [3.63, 3.8) is 0 Å². The summed E-state index contributed by atoms with van der Waals surface area (Å²) in [5, 5.41) is 19.6. The SMILES string of the molecule is COc1cc(C(=O)O)ccc1OC[C@H](C)COc1ccc(C(=O)CC(C)(C)C)c(O)c1C. The number of phenols is 1. The fraction of sp³-hybridized carbons (Fsp3) is 0.440. The predicted molar refractivity (Wildman–Crippen MR) is 121 cm³/mol. The van der Waals surface area contributed by atoms with Crippen LogP contribution in [0, 0.1) is 18.3 Å². The van der Waals surface area contributed by atoms with Crippen molar-refractivity contribution in [1.82, 2.24) is 0 Å². The van der Waals surface area contributed by atoms with Gasteiger partial charge >= 0.3 is 5.97 Å². The number of hydrogen-bond acceptors (Lipinski definition) is 6. The third kappa shape index (κ3) is 6.64. The molecule has 7 heteroatoms. The molecule has 0 amide bonds. The minimum absolute atomic E-state index is 0.0115. The number of carboxylic acids is 1. The van der Waals surface area contributed by atoms with Crippen LogP contribution in [0.4, 0.5) is 0 Å². The summed E-state index contributed by atoms with van der Waals surface area (Å²) in [4.78, 5) is 23.6. The smallest absolute Gasteiger partial charge is 0.335 e. The topological polar surface area (TPSA) is 102 Å². The minimum atomic E-state index is -1.04. The lowest BCUT2D eigenvalue weighted by Gasteiger charge is -2.19. The zero-order valence-electron chi connectivity index (χ0n) is 19.5. The molecule has 0 unspecified atom stereocenters. The molecule has 0 radical (unpaired) electrons. The molecule has 2 N–H and O–H groups in total. The van der Waals surface area contributed by atoms with Crippen LogP contribution in [0.15, 0.2) is 30.3 Å². The van der Waals surface area contributed by atoms with Gasteiger partial charge in [-0.1, -0.05) is 27.7 Å². The van der Waals surface area contributed by atoms with Crippen LogP contribution in [0.3, 0.4) is 0 Å². The first-order valence-corrected chi connectivity index (χ1v) is 10.5. The molecule has 0 bridgehead atoms. The number of benzene rings is 2. The molecule has 2 aromatic rings. The summed E-state index contributed by atoms with van der Waals surface area (Å²) in [7, 11) is 1.45. The highest BCUT2D eigenvalue weighted by molar-refractivity contribution is 5.99. The van der Waals surface area contributed by atoms with Crippen LogP contribution in [0.5, 0.6) is 23.0 Å². The molecule has 0 saturated carbocycles. The Morgan fingerprint density at radius 2 is 1.59 bits per heavy atom. The average molecular weight is 445 g/mol. The molecule has 0 aliphatic carbocycles. The summed E-state index contributed by atoms with van der Waals surface area (Å²) in [5.41, 5.74) is 0.769. The Morgan fingerprint density at radius 1 is 1.00 bits per heavy atom. The van der Waals surface area contributed by atoms with Gasteiger partial charge in [0.05, 0.1) is 31.5 Å². The maximum Gasteiger partial charge on any atom is 0.335 e. The van der Waals surface area contributed by atoms with Crippen molar-refractivity contribution in [1.29, 1.82) is 0 Å². The van der Waals surface area contributed by atoms with Gasteiger partial charge in [-0.3, -0.25) is 4.79 Å². The zero-order chi connectivity index (χ0) is 24.1. The highest BCUT2D eigenvalue weighted by atomic mass is 16.5. The van der Waals surface area contributed by atoms with Gasteiger partial charge in [0.15, 0.2) is 17.3 Å². The first kappa shape index (κ1) is 25.0. The second-order valence-corrected chi connectivity index (χ2v) is 9.14. The second-order valence-electron chi connectivity index (χ2n) is 9.14. The Labute approximate surface area is 188 Å². The van der Waals surface area contributed by atoms with E-state index in [0.29, 0.717) is 48.0 Å². The van der Waals surface area contributed by atoms with E-state index in [2.05, 4.69) is 0 Å². The van der Waals surface area contributed by atoms with Crippen LogP contribution in [-0.2, 0) is 0 Å². The van der Waals surface area contributed by atoms with Gasteiger partial charge in [0, 0.05) is 17.9 Å². The summed E-state index contributed by atoms with van der Waals surface area (Å²) in [6.07, 6.45) is 0.339. The van der Waals surface area contributed by atoms with Crippen LogP contribution in [0.25, 0.3) is 0 Å². The Hall–Kier alpha value is -3.22. The number of carbonyl (C=O) groups is 2. The quantitative estimate of drug-likeness (QED) is 0.490. The van der Waals surface area contributed by atoms with Crippen molar-refractivity contribution in [2.45, 2.75) is 41.0 Å². The number of ketones is 1. The fourth-order valence-corrected chi connectivity index (χ4v) is 3.07. The molecular formula is C25H32O7. The summed E-state index contributed by atoms with van der Waals surface area (Å²) in [5.74, 6) is 0.0846. The van der Waals surface area contributed by atoms with Gasteiger partial charge in [-0.25, -0.2) is 4.79 Å². The van der Waals surface area contributed by atoms with Gasteiger partial charge in [0.1, 0.15) is 11.5 Å². The van der Waals surface area contributed by atoms with Crippen molar-refractivity contribution in [2.24, 2.45) is 11.3 Å². The molecule has 0 aliphatic rings. The molecule has 0 saturated heterocycles. The number of Topliss-reactive ketones (excluding diaryl/α,β-unsaturated/α-hetero) is 1. The van der Waals surface area contributed by atoms with E-state index in [1.165, 1.54) is 19.2 Å². The highest BCUT2D eigenvalue weighted by Gasteiger charge is 2.22. The largest absolute Gasteiger partial charge is 0.507 e. The molecule has 0 spiro atoms. The van der Waals surface area contributed by atoms with Gasteiger partial charge in [-0.2, -0.15) is 0 Å². The van der Waals surface area contributed by atoms with Crippen molar-refractivity contribution in [3.8, 4) is 23.0 Å². The molecule has 2 aromatic carbocycles. The second kappa shape index (κ2) is 10.4. The molecule has 32 heavy (non-hydrogen) atoms. The van der Waals surface area contributed by atoms with Crippen LogP contribution in [0.1, 0.15) is 60.4 Å². The van der Waals surface area contributed by atoms with Crippen molar-refractivity contribution >= 4 is 11.8 Å². The lowest BCUT2D eigenvalue weighted by atomic mass is 9.87. The van der Waals surface area contributed by atoms with Crippen molar-refractivity contribution < 1.29 is 34.0 Å². The highest BCUT2D eigenvalue weighted by Crippen LogP contribution is 2.33. The van der Waals surface area contributed by atoms with Gasteiger partial charge < -0.3 is 24.4 Å².